The van der Waals surface area contributed by atoms with Crippen LogP contribution in [0.5, 0.6) is 0 Å². The van der Waals surface area contributed by atoms with E-state index in [1.165, 1.54) is 5.56 Å². The van der Waals surface area contributed by atoms with Crippen molar-refractivity contribution in [2.45, 2.75) is 38.6 Å². The third-order valence-electron chi connectivity index (χ3n) is 6.78. The second-order valence-corrected chi connectivity index (χ2v) is 9.55. The highest BCUT2D eigenvalue weighted by molar-refractivity contribution is 6.30. The van der Waals surface area contributed by atoms with Crippen LogP contribution in [0.1, 0.15) is 36.0 Å². The summed E-state index contributed by atoms with van der Waals surface area (Å²) in [5.74, 6) is 0.224. The molecule has 0 spiro atoms. The molecule has 1 heterocycles. The number of nitrogens with zero attached hydrogens (tertiary/aromatic N) is 1. The molecule has 3 aromatic carbocycles. The van der Waals surface area contributed by atoms with E-state index in [2.05, 4.69) is 29.6 Å². The number of carbonyl (C=O) groups excluding carboxylic acids is 2. The third-order valence-corrected chi connectivity index (χ3v) is 7.03. The minimum absolute atomic E-state index is 0.0580. The molecule has 0 atom stereocenters. The highest BCUT2D eigenvalue weighted by Gasteiger charge is 2.42. The summed E-state index contributed by atoms with van der Waals surface area (Å²) < 4.78 is 0. The predicted molar refractivity (Wildman–Crippen MR) is 136 cm³/mol. The highest BCUT2D eigenvalue weighted by atomic mass is 35.5. The Hall–Kier alpha value is -3.11. The first-order chi connectivity index (χ1) is 16.5. The van der Waals surface area contributed by atoms with Gasteiger partial charge in [0.05, 0.1) is 5.41 Å². The lowest BCUT2D eigenvalue weighted by Gasteiger charge is -2.41. The minimum atomic E-state index is -0.524. The zero-order valence-corrected chi connectivity index (χ0v) is 20.1. The van der Waals surface area contributed by atoms with E-state index in [4.69, 9.17) is 11.6 Å². The van der Waals surface area contributed by atoms with E-state index in [-0.39, 0.29) is 11.8 Å². The van der Waals surface area contributed by atoms with Gasteiger partial charge in [-0.05, 0) is 54.5 Å². The van der Waals surface area contributed by atoms with Gasteiger partial charge in [0.1, 0.15) is 0 Å². The number of carbonyl (C=O) groups is 2. The van der Waals surface area contributed by atoms with Gasteiger partial charge in [0.15, 0.2) is 0 Å². The van der Waals surface area contributed by atoms with Crippen LogP contribution in [0.15, 0.2) is 84.9 Å². The van der Waals surface area contributed by atoms with Crippen molar-refractivity contribution >= 4 is 23.4 Å². The predicted octanol–water partition coefficient (Wildman–Crippen LogP) is 5.44. The van der Waals surface area contributed by atoms with Gasteiger partial charge in [0, 0.05) is 31.1 Å². The number of amides is 2. The summed E-state index contributed by atoms with van der Waals surface area (Å²) in [6, 6.07) is 27.8. The van der Waals surface area contributed by atoms with Gasteiger partial charge >= 0.3 is 0 Å². The number of halogens is 1. The van der Waals surface area contributed by atoms with Gasteiger partial charge in [0.2, 0.25) is 11.8 Å². The highest BCUT2D eigenvalue weighted by Crippen LogP contribution is 2.36. The van der Waals surface area contributed by atoms with Gasteiger partial charge in [0.25, 0.3) is 0 Å². The molecule has 2 amide bonds. The standard InChI is InChI=1S/C29H31ClN2O2/c30-26-14-11-25(12-15-26)22-31-28(34)29(21-24-9-5-2-6-10-24)17-19-32(20-18-29)27(33)16-13-23-7-3-1-4-8-23/h1-12,14-15H,13,16-22H2,(H,31,34). The Balaban J connectivity index is 1.40. The molecule has 1 saturated heterocycles. The number of benzene rings is 3. The summed E-state index contributed by atoms with van der Waals surface area (Å²) in [5, 5.41) is 3.83. The first-order valence-corrected chi connectivity index (χ1v) is 12.3. The van der Waals surface area contributed by atoms with Gasteiger partial charge in [-0.3, -0.25) is 9.59 Å². The fourth-order valence-corrected chi connectivity index (χ4v) is 4.81. The van der Waals surface area contributed by atoms with Crippen molar-refractivity contribution in [3.8, 4) is 0 Å². The van der Waals surface area contributed by atoms with E-state index in [0.717, 1.165) is 17.5 Å². The minimum Gasteiger partial charge on any atom is -0.352 e. The first kappa shape index (κ1) is 24.0. The number of hydrogen-bond donors (Lipinski definition) is 1. The number of aryl methyl sites for hydroxylation is 1. The molecule has 1 N–H and O–H groups in total. The van der Waals surface area contributed by atoms with Crippen LogP contribution in [-0.2, 0) is 29.0 Å². The van der Waals surface area contributed by atoms with E-state index in [0.29, 0.717) is 50.3 Å². The summed E-state index contributed by atoms with van der Waals surface area (Å²) in [5.41, 5.74) is 2.81. The van der Waals surface area contributed by atoms with Crippen LogP contribution in [0.4, 0.5) is 0 Å². The topological polar surface area (TPSA) is 49.4 Å². The second kappa shape index (κ2) is 11.3. The molecular weight excluding hydrogens is 444 g/mol. The normalized spacial score (nSPS) is 15.0. The Kier molecular flexibility index (Phi) is 8.02. The van der Waals surface area contributed by atoms with Gasteiger partial charge in [-0.1, -0.05) is 84.4 Å². The molecule has 0 bridgehead atoms. The number of hydrogen-bond acceptors (Lipinski definition) is 2. The van der Waals surface area contributed by atoms with Crippen LogP contribution in [0.25, 0.3) is 0 Å². The molecule has 0 aromatic heterocycles. The molecule has 0 unspecified atom stereocenters. The Morgan fingerprint density at radius 2 is 1.38 bits per heavy atom. The van der Waals surface area contributed by atoms with Crippen LogP contribution in [0.2, 0.25) is 5.02 Å². The molecular formula is C29H31ClN2O2. The third kappa shape index (κ3) is 6.27. The van der Waals surface area contributed by atoms with E-state index >= 15 is 0 Å². The molecule has 1 aliphatic heterocycles. The smallest absolute Gasteiger partial charge is 0.226 e. The van der Waals surface area contributed by atoms with Gasteiger partial charge in [-0.25, -0.2) is 0 Å². The molecule has 0 aliphatic carbocycles. The average molecular weight is 475 g/mol. The van der Waals surface area contributed by atoms with Gasteiger partial charge in [-0.15, -0.1) is 0 Å². The lowest BCUT2D eigenvalue weighted by atomic mass is 9.72. The second-order valence-electron chi connectivity index (χ2n) is 9.12. The number of rotatable bonds is 8. The summed E-state index contributed by atoms with van der Waals surface area (Å²) in [6.07, 6.45) is 3.23. The summed E-state index contributed by atoms with van der Waals surface area (Å²) in [6.45, 7) is 1.68. The lowest BCUT2D eigenvalue weighted by Crippen LogP contribution is -2.51. The SMILES string of the molecule is O=C(CCc1ccccc1)N1CCC(Cc2ccccc2)(C(=O)NCc2ccc(Cl)cc2)CC1. The number of nitrogens with one attached hydrogen (secondary N) is 1. The average Bonchev–Trinajstić information content (AvgIpc) is 2.88. The quantitative estimate of drug-likeness (QED) is 0.472. The van der Waals surface area contributed by atoms with E-state index in [1.807, 2.05) is 65.6 Å². The van der Waals surface area contributed by atoms with Crippen LogP contribution in [0, 0.1) is 5.41 Å². The molecule has 1 aliphatic rings. The summed E-state index contributed by atoms with van der Waals surface area (Å²) in [4.78, 5) is 28.3. The lowest BCUT2D eigenvalue weighted by molar-refractivity contribution is -0.140. The molecule has 0 saturated carbocycles. The maximum Gasteiger partial charge on any atom is 0.226 e. The Morgan fingerprint density at radius 3 is 2.00 bits per heavy atom. The molecule has 0 radical (unpaired) electrons. The molecule has 5 heteroatoms. The number of piperidine rings is 1. The monoisotopic (exact) mass is 474 g/mol. The van der Waals surface area contributed by atoms with Crippen molar-refractivity contribution < 1.29 is 9.59 Å². The fourth-order valence-electron chi connectivity index (χ4n) is 4.68. The maximum absolute atomic E-state index is 13.5. The largest absolute Gasteiger partial charge is 0.352 e. The Morgan fingerprint density at radius 1 is 0.794 bits per heavy atom. The molecule has 3 aromatic rings. The van der Waals surface area contributed by atoms with Crippen molar-refractivity contribution in [2.24, 2.45) is 5.41 Å². The molecule has 176 valence electrons. The van der Waals surface area contributed by atoms with E-state index in [9.17, 15) is 9.59 Å². The van der Waals surface area contributed by atoms with Crippen LogP contribution in [-0.4, -0.2) is 29.8 Å². The van der Waals surface area contributed by atoms with Gasteiger partial charge in [-0.2, -0.15) is 0 Å². The van der Waals surface area contributed by atoms with Crippen molar-refractivity contribution in [3.05, 3.63) is 107 Å². The van der Waals surface area contributed by atoms with Crippen LogP contribution in [0.3, 0.4) is 0 Å². The molecule has 4 nitrogen and oxygen atoms in total. The zero-order valence-electron chi connectivity index (χ0n) is 19.4. The van der Waals surface area contributed by atoms with Crippen molar-refractivity contribution in [1.82, 2.24) is 10.2 Å². The van der Waals surface area contributed by atoms with Crippen LogP contribution >= 0.6 is 11.6 Å². The van der Waals surface area contributed by atoms with Gasteiger partial charge < -0.3 is 10.2 Å². The molecule has 1 fully saturated rings. The van der Waals surface area contributed by atoms with Crippen molar-refractivity contribution in [3.63, 3.8) is 0 Å². The Bertz CT molecular complexity index is 1080. The first-order valence-electron chi connectivity index (χ1n) is 11.9. The maximum atomic E-state index is 13.5. The number of likely N-dealkylation sites (tertiary alicyclic amines) is 1. The Labute approximate surface area is 206 Å². The fraction of sp³-hybridized carbons (Fsp3) is 0.310. The van der Waals surface area contributed by atoms with E-state index < -0.39 is 5.41 Å². The van der Waals surface area contributed by atoms with Crippen molar-refractivity contribution in [2.75, 3.05) is 13.1 Å². The summed E-state index contributed by atoms with van der Waals surface area (Å²) >= 11 is 5.99. The van der Waals surface area contributed by atoms with E-state index in [1.54, 1.807) is 0 Å². The molecule has 34 heavy (non-hydrogen) atoms. The van der Waals surface area contributed by atoms with Crippen LogP contribution < -0.4 is 5.32 Å². The van der Waals surface area contributed by atoms with Crippen molar-refractivity contribution in [1.29, 1.82) is 0 Å². The summed E-state index contributed by atoms with van der Waals surface area (Å²) in [7, 11) is 0. The molecule has 4 rings (SSSR count). The zero-order chi connectivity index (χ0) is 23.8.